The fourth-order valence-corrected chi connectivity index (χ4v) is 11.5. The van der Waals surface area contributed by atoms with E-state index < -0.39 is 86.8 Å². The van der Waals surface area contributed by atoms with Gasteiger partial charge in [-0.3, -0.25) is 4.79 Å². The van der Waals surface area contributed by atoms with Gasteiger partial charge in [-0.15, -0.1) is 0 Å². The number of aliphatic hydroxyl groups excluding tert-OH is 8. The van der Waals surface area contributed by atoms with Crippen LogP contribution in [0.15, 0.2) is 146 Å². The molecule has 0 aromatic carbocycles. The van der Waals surface area contributed by atoms with Crippen molar-refractivity contribution in [3.63, 3.8) is 0 Å². The lowest BCUT2D eigenvalue weighted by atomic mass is 9.97. The molecule has 2 heterocycles. The van der Waals surface area contributed by atoms with E-state index in [2.05, 4.69) is 153 Å². The summed E-state index contributed by atoms with van der Waals surface area (Å²) < 4.78 is 22.9. The summed E-state index contributed by atoms with van der Waals surface area (Å²) in [6.07, 6.45) is 80.5. The van der Waals surface area contributed by atoms with Crippen molar-refractivity contribution >= 4 is 5.91 Å². The Morgan fingerprint density at radius 2 is 0.729 bits per heavy atom. The quantitative estimate of drug-likeness (QED) is 0.0204. The average Bonchev–Trinajstić information content (AvgIpc) is 0.857. The van der Waals surface area contributed by atoms with Crippen LogP contribution in [0.1, 0.15) is 271 Å². The summed E-state index contributed by atoms with van der Waals surface area (Å²) in [5.74, 6) is -0.268. The van der Waals surface area contributed by atoms with Crippen molar-refractivity contribution in [1.29, 1.82) is 0 Å². The molecule has 14 nitrogen and oxygen atoms in total. The summed E-state index contributed by atoms with van der Waals surface area (Å²) >= 11 is 0. The third kappa shape index (κ3) is 47.0. The number of hydrogen-bond donors (Lipinski definition) is 9. The molecule has 1 amide bonds. The van der Waals surface area contributed by atoms with E-state index >= 15 is 0 Å². The van der Waals surface area contributed by atoms with Crippen molar-refractivity contribution in [1.82, 2.24) is 5.32 Å². The van der Waals surface area contributed by atoms with Gasteiger partial charge in [0.1, 0.15) is 48.8 Å². The predicted octanol–water partition coefficient (Wildman–Crippen LogP) is 16.8. The Kier molecular flexibility index (Phi) is 58.9. The molecule has 12 atom stereocenters. The van der Waals surface area contributed by atoms with Gasteiger partial charge in [0.05, 0.1) is 32.0 Å². The molecule has 0 radical (unpaired) electrons. The molecule has 2 aliphatic rings. The van der Waals surface area contributed by atoms with Crippen LogP contribution < -0.4 is 5.32 Å². The molecule has 0 bridgehead atoms. The highest BCUT2D eigenvalue weighted by molar-refractivity contribution is 5.76. The smallest absolute Gasteiger partial charge is 0.220 e. The van der Waals surface area contributed by atoms with Gasteiger partial charge in [0, 0.05) is 6.42 Å². The molecule has 0 spiro atoms. The van der Waals surface area contributed by atoms with Crippen molar-refractivity contribution < 1.29 is 64.6 Å². The maximum absolute atomic E-state index is 13.4. The van der Waals surface area contributed by atoms with Gasteiger partial charge in [-0.1, -0.05) is 301 Å². The third-order valence-electron chi connectivity index (χ3n) is 17.5. The molecular formula is C82H137NO13. The minimum absolute atomic E-state index is 0.247. The van der Waals surface area contributed by atoms with E-state index in [1.807, 2.05) is 6.08 Å². The summed E-state index contributed by atoms with van der Waals surface area (Å²) in [5.41, 5.74) is 0. The Morgan fingerprint density at radius 3 is 1.15 bits per heavy atom. The lowest BCUT2D eigenvalue weighted by Crippen LogP contribution is -2.65. The Labute approximate surface area is 583 Å². The number of rotatable bonds is 61. The molecule has 0 saturated carbocycles. The number of carbonyl (C=O) groups is 1. The minimum atomic E-state index is -1.80. The van der Waals surface area contributed by atoms with Gasteiger partial charge in [-0.2, -0.15) is 0 Å². The number of carbonyl (C=O) groups excluding carboxylic acids is 1. The van der Waals surface area contributed by atoms with E-state index in [0.717, 1.165) is 116 Å². The number of hydrogen-bond acceptors (Lipinski definition) is 13. The first kappa shape index (κ1) is 88.0. The van der Waals surface area contributed by atoms with E-state index in [0.29, 0.717) is 12.8 Å². The lowest BCUT2D eigenvalue weighted by Gasteiger charge is -2.46. The second kappa shape index (κ2) is 64.3. The number of allylic oxidation sites excluding steroid dienone is 23. The largest absolute Gasteiger partial charge is 0.394 e. The lowest BCUT2D eigenvalue weighted by molar-refractivity contribution is -0.359. The Bertz CT molecular complexity index is 2180. The summed E-state index contributed by atoms with van der Waals surface area (Å²) in [4.78, 5) is 13.4. The topological polar surface area (TPSA) is 228 Å². The Morgan fingerprint density at radius 1 is 0.385 bits per heavy atom. The molecule has 12 unspecified atom stereocenters. The van der Waals surface area contributed by atoms with Gasteiger partial charge in [0.2, 0.25) is 5.91 Å². The van der Waals surface area contributed by atoms with Crippen molar-refractivity contribution in [3.8, 4) is 0 Å². The molecule has 0 aromatic rings. The van der Waals surface area contributed by atoms with Gasteiger partial charge >= 0.3 is 0 Å². The van der Waals surface area contributed by atoms with E-state index in [1.165, 1.54) is 122 Å². The number of nitrogens with one attached hydrogen (secondary N) is 1. The molecule has 9 N–H and O–H groups in total. The second-order valence-corrected chi connectivity index (χ2v) is 26.0. The van der Waals surface area contributed by atoms with Crippen LogP contribution in [-0.4, -0.2) is 140 Å². The van der Waals surface area contributed by atoms with Crippen LogP contribution in [0.3, 0.4) is 0 Å². The number of amides is 1. The molecule has 548 valence electrons. The monoisotopic (exact) mass is 1340 g/mol. The maximum atomic E-state index is 13.4. The van der Waals surface area contributed by atoms with Gasteiger partial charge in [-0.25, -0.2) is 0 Å². The van der Waals surface area contributed by atoms with Crippen molar-refractivity contribution in [2.75, 3.05) is 19.8 Å². The molecule has 0 aromatic heterocycles. The Balaban J connectivity index is 1.68. The van der Waals surface area contributed by atoms with E-state index in [4.69, 9.17) is 18.9 Å². The van der Waals surface area contributed by atoms with E-state index in [9.17, 15) is 45.6 Å². The van der Waals surface area contributed by atoms with Crippen molar-refractivity contribution in [2.24, 2.45) is 0 Å². The first-order chi connectivity index (χ1) is 47.1. The summed E-state index contributed by atoms with van der Waals surface area (Å²) in [7, 11) is 0. The molecule has 2 rings (SSSR count). The standard InChI is InChI=1S/C82H137NO13/c1-3-5-7-9-11-13-15-17-19-21-23-25-27-29-30-31-32-33-34-35-36-37-38-39-40-42-44-46-48-50-52-54-56-58-60-62-64-66-74(87)83-70(69-93-81-79(92)77(90)80(73(68-85)95-81)96-82-78(91)76(89)75(88)72(67-84)94-82)71(86)65-63-61-59-57-55-53-51-49-47-45-43-41-28-26-24-22-20-18-16-14-12-10-8-6-4-2/h5,7,11,13,17,19,23,25,29-30,32-33,35-36,38-39,42,44,48,50,55,57,63,65,70-73,75-82,84-86,88-92H,3-4,6,8-10,12,14-16,18,20-22,24,26-28,31,34,37,40-41,43,45-47,49,51-54,56,58-62,64,66-69H2,1-2H3,(H,83,87)/b7-5-,13-11-,19-17-,25-23-,30-29-,33-32-,36-35-,39-38-,44-42-,50-48-,57-55+,65-63+. The zero-order valence-electron chi connectivity index (χ0n) is 59.8. The van der Waals surface area contributed by atoms with Crippen molar-refractivity contribution in [3.05, 3.63) is 146 Å². The van der Waals surface area contributed by atoms with Gasteiger partial charge in [0.15, 0.2) is 12.6 Å². The van der Waals surface area contributed by atoms with Gasteiger partial charge < -0.3 is 65.1 Å². The minimum Gasteiger partial charge on any atom is -0.394 e. The summed E-state index contributed by atoms with van der Waals surface area (Å²) in [6, 6.07) is -0.953. The van der Waals surface area contributed by atoms with Crippen LogP contribution >= 0.6 is 0 Å². The average molecular weight is 1340 g/mol. The van der Waals surface area contributed by atoms with Gasteiger partial charge in [-0.05, 0) is 109 Å². The van der Waals surface area contributed by atoms with Crippen LogP contribution in [-0.2, 0) is 23.7 Å². The zero-order chi connectivity index (χ0) is 69.4. The molecule has 2 fully saturated rings. The SMILES string of the molecule is CC/C=C\C/C=C\C/C=C\C/C=C\C/C=C\C/C=C\C/C=C\C/C=C\C/C=C\C/C=C\CCCCCCCCC(=O)NC(COC1OC(CO)C(OC2OC(CO)C(O)C(O)C2O)C(O)C1O)C(O)/C=C/CC/C=C/CCCCCCCCCCCCCCCCCCCCC. The second-order valence-electron chi connectivity index (χ2n) is 26.0. The highest BCUT2D eigenvalue weighted by Crippen LogP contribution is 2.30. The first-order valence-corrected chi connectivity index (χ1v) is 38.1. The molecule has 14 heteroatoms. The van der Waals surface area contributed by atoms with Crippen LogP contribution in [0.5, 0.6) is 0 Å². The maximum Gasteiger partial charge on any atom is 0.220 e. The normalized spacial score (nSPS) is 23.1. The molecule has 2 aliphatic heterocycles. The van der Waals surface area contributed by atoms with E-state index in [1.54, 1.807) is 6.08 Å². The Hall–Kier alpha value is -4.13. The van der Waals surface area contributed by atoms with E-state index in [-0.39, 0.29) is 18.9 Å². The third-order valence-corrected chi connectivity index (χ3v) is 17.5. The highest BCUT2D eigenvalue weighted by atomic mass is 16.7. The number of aliphatic hydroxyl groups is 8. The molecule has 96 heavy (non-hydrogen) atoms. The van der Waals surface area contributed by atoms with Crippen LogP contribution in [0.2, 0.25) is 0 Å². The fraction of sp³-hybridized carbons (Fsp3) is 0.695. The van der Waals surface area contributed by atoms with Crippen LogP contribution in [0.4, 0.5) is 0 Å². The van der Waals surface area contributed by atoms with Crippen LogP contribution in [0, 0.1) is 0 Å². The predicted molar refractivity (Wildman–Crippen MR) is 396 cm³/mol. The molecule has 0 aliphatic carbocycles. The summed E-state index contributed by atoms with van der Waals surface area (Å²) in [6.45, 7) is 2.67. The van der Waals surface area contributed by atoms with Crippen molar-refractivity contribution in [2.45, 2.75) is 344 Å². The summed E-state index contributed by atoms with van der Waals surface area (Å²) in [5, 5.41) is 87.5. The zero-order valence-corrected chi connectivity index (χ0v) is 59.8. The van der Waals surface area contributed by atoms with Gasteiger partial charge in [0.25, 0.3) is 0 Å². The number of ether oxygens (including phenoxy) is 4. The molecular weight excluding hydrogens is 1210 g/mol. The van der Waals surface area contributed by atoms with Crippen LogP contribution in [0.25, 0.3) is 0 Å². The number of unbranched alkanes of at least 4 members (excludes halogenated alkanes) is 26. The highest BCUT2D eigenvalue weighted by Gasteiger charge is 2.51. The fourth-order valence-electron chi connectivity index (χ4n) is 11.5. The first-order valence-electron chi connectivity index (χ1n) is 38.1. The molecule has 2 saturated heterocycles.